The van der Waals surface area contributed by atoms with Crippen LogP contribution < -0.4 is 5.32 Å². The largest absolute Gasteiger partial charge is 0.388 e. The Labute approximate surface area is 123 Å². The minimum Gasteiger partial charge on any atom is -0.388 e. The smallest absolute Gasteiger partial charge is 0.269 e. The van der Waals surface area contributed by atoms with Gasteiger partial charge in [0.05, 0.1) is 10.5 Å². The van der Waals surface area contributed by atoms with Crippen molar-refractivity contribution in [3.63, 3.8) is 0 Å². The molecule has 6 nitrogen and oxygen atoms in total. The van der Waals surface area contributed by atoms with Crippen molar-refractivity contribution in [2.45, 2.75) is 38.2 Å². The van der Waals surface area contributed by atoms with E-state index >= 15 is 0 Å². The summed E-state index contributed by atoms with van der Waals surface area (Å²) < 4.78 is 0. The molecule has 0 spiro atoms. The van der Waals surface area contributed by atoms with Gasteiger partial charge < -0.3 is 10.4 Å². The van der Waals surface area contributed by atoms with Crippen LogP contribution in [-0.2, 0) is 0 Å². The molecule has 1 aliphatic rings. The molecule has 2 rings (SSSR count). The van der Waals surface area contributed by atoms with E-state index in [-0.39, 0.29) is 18.1 Å². The van der Waals surface area contributed by atoms with Crippen LogP contribution in [0, 0.1) is 16.0 Å². The first-order valence-corrected chi connectivity index (χ1v) is 7.15. The zero-order chi connectivity index (χ0) is 15.5. The highest BCUT2D eigenvalue weighted by Crippen LogP contribution is 2.31. The van der Waals surface area contributed by atoms with E-state index in [1.54, 1.807) is 0 Å². The Kier molecular flexibility index (Phi) is 4.57. The van der Waals surface area contributed by atoms with Crippen molar-refractivity contribution in [1.29, 1.82) is 0 Å². The zero-order valence-electron chi connectivity index (χ0n) is 12.0. The lowest BCUT2D eigenvalue weighted by atomic mass is 9.79. The number of nitrogens with one attached hydrogen (secondary N) is 1. The molecule has 6 heteroatoms. The predicted octanol–water partition coefficient (Wildman–Crippen LogP) is 2.27. The summed E-state index contributed by atoms with van der Waals surface area (Å²) in [5.41, 5.74) is -0.525. The van der Waals surface area contributed by atoms with Crippen LogP contribution in [0.1, 0.15) is 43.0 Å². The molecule has 114 valence electrons. The number of hydrogen-bond acceptors (Lipinski definition) is 4. The Morgan fingerprint density at radius 1 is 1.38 bits per heavy atom. The first-order valence-electron chi connectivity index (χ1n) is 7.15. The van der Waals surface area contributed by atoms with Gasteiger partial charge in [0, 0.05) is 24.2 Å². The highest BCUT2D eigenvalue weighted by molar-refractivity contribution is 5.94. The van der Waals surface area contributed by atoms with Gasteiger partial charge in [-0.05, 0) is 43.7 Å². The first kappa shape index (κ1) is 15.4. The minimum atomic E-state index is -0.830. The number of nitrogens with zero attached hydrogens (tertiary/aromatic N) is 1. The summed E-state index contributed by atoms with van der Waals surface area (Å²) in [7, 11) is 0. The van der Waals surface area contributed by atoms with E-state index in [0.29, 0.717) is 24.3 Å². The second-order valence-corrected chi connectivity index (χ2v) is 5.89. The van der Waals surface area contributed by atoms with E-state index in [1.165, 1.54) is 24.3 Å². The number of non-ortho nitro benzene ring substituents is 1. The summed E-state index contributed by atoms with van der Waals surface area (Å²) >= 11 is 0. The van der Waals surface area contributed by atoms with E-state index in [4.69, 9.17) is 0 Å². The summed E-state index contributed by atoms with van der Waals surface area (Å²) in [6.45, 7) is 2.38. The van der Waals surface area contributed by atoms with Crippen molar-refractivity contribution in [1.82, 2.24) is 5.32 Å². The molecule has 0 aromatic heterocycles. The van der Waals surface area contributed by atoms with Crippen LogP contribution in [0.3, 0.4) is 0 Å². The van der Waals surface area contributed by atoms with Crippen molar-refractivity contribution in [3.05, 3.63) is 39.9 Å². The highest BCUT2D eigenvalue weighted by Gasteiger charge is 2.32. The molecule has 1 aromatic carbocycles. The molecule has 0 aliphatic heterocycles. The number of nitro groups is 1. The number of carbonyl (C=O) groups is 1. The van der Waals surface area contributed by atoms with Crippen molar-refractivity contribution in [3.8, 4) is 0 Å². The number of benzene rings is 1. The average Bonchev–Trinajstić information content (AvgIpc) is 2.48. The Bertz CT molecular complexity index is 519. The zero-order valence-corrected chi connectivity index (χ0v) is 12.0. The van der Waals surface area contributed by atoms with Crippen LogP contribution >= 0.6 is 0 Å². The van der Waals surface area contributed by atoms with Gasteiger partial charge >= 0.3 is 0 Å². The summed E-state index contributed by atoms with van der Waals surface area (Å²) in [6.07, 6.45) is 3.30. The van der Waals surface area contributed by atoms with Crippen LogP contribution in [-0.4, -0.2) is 28.1 Å². The lowest BCUT2D eigenvalue weighted by Crippen LogP contribution is -2.45. The van der Waals surface area contributed by atoms with Gasteiger partial charge in [0.1, 0.15) is 0 Å². The van der Waals surface area contributed by atoms with E-state index in [9.17, 15) is 20.0 Å². The quantitative estimate of drug-likeness (QED) is 0.657. The van der Waals surface area contributed by atoms with Crippen molar-refractivity contribution >= 4 is 11.6 Å². The van der Waals surface area contributed by atoms with E-state index in [1.807, 2.05) is 0 Å². The molecule has 0 atom stereocenters. The van der Waals surface area contributed by atoms with Gasteiger partial charge in [0.25, 0.3) is 11.6 Å². The second-order valence-electron chi connectivity index (χ2n) is 5.89. The number of rotatable bonds is 4. The maximum atomic E-state index is 12.0. The molecular weight excluding hydrogens is 272 g/mol. The molecule has 0 bridgehead atoms. The summed E-state index contributed by atoms with van der Waals surface area (Å²) in [5, 5.41) is 23.7. The third kappa shape index (κ3) is 4.01. The molecule has 0 radical (unpaired) electrons. The molecule has 1 amide bonds. The van der Waals surface area contributed by atoms with Gasteiger partial charge in [-0.3, -0.25) is 14.9 Å². The van der Waals surface area contributed by atoms with E-state index in [2.05, 4.69) is 12.2 Å². The molecule has 0 unspecified atom stereocenters. The van der Waals surface area contributed by atoms with Crippen LogP contribution in [0.2, 0.25) is 0 Å². The summed E-state index contributed by atoms with van der Waals surface area (Å²) in [6, 6.07) is 5.43. The monoisotopic (exact) mass is 292 g/mol. The maximum Gasteiger partial charge on any atom is 0.269 e. The molecule has 21 heavy (non-hydrogen) atoms. The fourth-order valence-electron chi connectivity index (χ4n) is 2.56. The number of nitro benzene ring substituents is 1. The topological polar surface area (TPSA) is 92.5 Å². The molecular formula is C15H20N2O4. The number of carbonyl (C=O) groups excluding carboxylic acids is 1. The fourth-order valence-corrected chi connectivity index (χ4v) is 2.56. The van der Waals surface area contributed by atoms with Gasteiger partial charge in [-0.25, -0.2) is 0 Å². The number of amides is 1. The van der Waals surface area contributed by atoms with Gasteiger partial charge in [-0.2, -0.15) is 0 Å². The van der Waals surface area contributed by atoms with Crippen molar-refractivity contribution in [2.75, 3.05) is 6.54 Å². The molecule has 2 N–H and O–H groups in total. The summed E-state index contributed by atoms with van der Waals surface area (Å²) in [4.78, 5) is 22.0. The van der Waals surface area contributed by atoms with Crippen LogP contribution in [0.5, 0.6) is 0 Å². The molecule has 1 aromatic rings. The minimum absolute atomic E-state index is 0.0496. The standard InChI is InChI=1S/C15H20N2O4/c1-11-6-8-15(19,9-7-11)10-16-14(18)12-2-4-13(5-3-12)17(20)21/h2-5,11,19H,6-10H2,1H3,(H,16,18). The third-order valence-electron chi connectivity index (χ3n) is 4.12. The summed E-state index contributed by atoms with van der Waals surface area (Å²) in [5.74, 6) is 0.299. The fraction of sp³-hybridized carbons (Fsp3) is 0.533. The molecule has 0 heterocycles. The highest BCUT2D eigenvalue weighted by atomic mass is 16.6. The molecule has 0 saturated heterocycles. The number of aliphatic hydroxyl groups is 1. The first-order chi connectivity index (χ1) is 9.89. The Hall–Kier alpha value is -1.95. The molecule has 1 fully saturated rings. The lowest BCUT2D eigenvalue weighted by Gasteiger charge is -2.34. The van der Waals surface area contributed by atoms with Crippen LogP contribution in [0.25, 0.3) is 0 Å². The van der Waals surface area contributed by atoms with E-state index < -0.39 is 10.5 Å². The van der Waals surface area contributed by atoms with Crippen LogP contribution in [0.15, 0.2) is 24.3 Å². The van der Waals surface area contributed by atoms with Gasteiger partial charge in [-0.1, -0.05) is 6.92 Å². The van der Waals surface area contributed by atoms with E-state index in [0.717, 1.165) is 12.8 Å². The number of hydrogen-bond donors (Lipinski definition) is 2. The Morgan fingerprint density at radius 2 is 1.95 bits per heavy atom. The normalized spacial score (nSPS) is 25.3. The molecule has 1 aliphatic carbocycles. The molecule has 1 saturated carbocycles. The van der Waals surface area contributed by atoms with Gasteiger partial charge in [-0.15, -0.1) is 0 Å². The second kappa shape index (κ2) is 6.22. The Balaban J connectivity index is 1.91. The van der Waals surface area contributed by atoms with Crippen LogP contribution in [0.4, 0.5) is 5.69 Å². The maximum absolute atomic E-state index is 12.0. The SMILES string of the molecule is CC1CCC(O)(CNC(=O)c2ccc([N+](=O)[O-])cc2)CC1. The van der Waals surface area contributed by atoms with Crippen molar-refractivity contribution in [2.24, 2.45) is 5.92 Å². The lowest BCUT2D eigenvalue weighted by molar-refractivity contribution is -0.384. The van der Waals surface area contributed by atoms with Gasteiger partial charge in [0.2, 0.25) is 0 Å². The average molecular weight is 292 g/mol. The predicted molar refractivity (Wildman–Crippen MR) is 78.0 cm³/mol. The Morgan fingerprint density at radius 3 is 2.48 bits per heavy atom. The third-order valence-corrected chi connectivity index (χ3v) is 4.12. The van der Waals surface area contributed by atoms with Gasteiger partial charge in [0.15, 0.2) is 0 Å². The van der Waals surface area contributed by atoms with Crippen molar-refractivity contribution < 1.29 is 14.8 Å².